The first-order chi connectivity index (χ1) is 9.93. The van der Waals surface area contributed by atoms with Gasteiger partial charge in [-0.05, 0) is 0 Å². The Morgan fingerprint density at radius 3 is 2.57 bits per heavy atom. The van der Waals surface area contributed by atoms with Crippen LogP contribution in [0.4, 0.5) is 0 Å². The summed E-state index contributed by atoms with van der Waals surface area (Å²) in [5.74, 6) is -0.391. The van der Waals surface area contributed by atoms with Crippen molar-refractivity contribution in [2.24, 2.45) is 0 Å². The molecule has 0 amide bonds. The van der Waals surface area contributed by atoms with Gasteiger partial charge >= 0.3 is 128 Å². The van der Waals surface area contributed by atoms with Crippen molar-refractivity contribution >= 4 is 44.3 Å². The molecule has 0 saturated carbocycles. The van der Waals surface area contributed by atoms with Crippen LogP contribution in [0.25, 0.3) is 16.4 Å². The molecule has 0 radical (unpaired) electrons. The molecule has 5 heteroatoms. The third kappa shape index (κ3) is 2.31. The molecular weight excluding hydrogens is 371 g/mol. The average Bonchev–Trinajstić information content (AvgIpc) is 2.79. The van der Waals surface area contributed by atoms with Gasteiger partial charge in [0.25, 0.3) is 0 Å². The van der Waals surface area contributed by atoms with Gasteiger partial charge in [0, 0.05) is 0 Å². The summed E-state index contributed by atoms with van der Waals surface area (Å²) in [6, 6.07) is 10.2. The zero-order chi connectivity index (χ0) is 15.2. The van der Waals surface area contributed by atoms with Gasteiger partial charge in [-0.25, -0.2) is 0 Å². The predicted molar refractivity (Wildman–Crippen MR) is 87.0 cm³/mol. The van der Waals surface area contributed by atoms with E-state index in [9.17, 15) is 4.79 Å². The van der Waals surface area contributed by atoms with Crippen LogP contribution < -0.4 is 3.58 Å². The SMILES string of the molecule is COC(=O)c1cc2[c]([Sn]([CH3])([CH3])[CH3])c3ccccc3n2cn1. The van der Waals surface area contributed by atoms with Crippen LogP contribution in [0.2, 0.25) is 14.8 Å². The number of benzene rings is 1. The van der Waals surface area contributed by atoms with Crippen molar-refractivity contribution in [2.75, 3.05) is 7.11 Å². The number of esters is 1. The van der Waals surface area contributed by atoms with E-state index in [-0.39, 0.29) is 0 Å². The Kier molecular flexibility index (Phi) is 3.43. The van der Waals surface area contributed by atoms with E-state index in [1.54, 1.807) is 6.33 Å². The maximum absolute atomic E-state index is 11.8. The minimum atomic E-state index is -2.37. The molecule has 0 saturated heterocycles. The summed E-state index contributed by atoms with van der Waals surface area (Å²) in [5, 5.41) is 1.28. The Balaban J connectivity index is 2.45. The molecule has 0 N–H and O–H groups in total. The number of hydrogen-bond acceptors (Lipinski definition) is 3. The number of hydrogen-bond donors (Lipinski definition) is 0. The van der Waals surface area contributed by atoms with E-state index in [0.29, 0.717) is 5.69 Å². The van der Waals surface area contributed by atoms with Crippen LogP contribution in [0.15, 0.2) is 36.7 Å². The Labute approximate surface area is 127 Å². The number of carbonyl (C=O) groups is 1. The minimum absolute atomic E-state index is 0.365. The van der Waals surface area contributed by atoms with Gasteiger partial charge in [-0.3, -0.25) is 0 Å². The molecule has 2 heterocycles. The molecule has 0 unspecified atom stereocenters. The van der Waals surface area contributed by atoms with Crippen molar-refractivity contribution in [1.82, 2.24) is 9.38 Å². The van der Waals surface area contributed by atoms with E-state index in [2.05, 4.69) is 42.4 Å². The number of fused-ring (bicyclic) bond motifs is 3. The summed E-state index contributed by atoms with van der Waals surface area (Å²) in [4.78, 5) is 23.1. The maximum atomic E-state index is 11.8. The number of nitrogens with zero attached hydrogens (tertiary/aromatic N) is 2. The van der Waals surface area contributed by atoms with Crippen LogP contribution in [-0.2, 0) is 4.74 Å². The molecule has 2 aromatic heterocycles. The second kappa shape index (κ2) is 5.01. The fourth-order valence-corrected chi connectivity index (χ4v) is 8.49. The standard InChI is InChI=1S/C13H9N2O2.3CH3.Sn/c1-17-13(16)11-7-10-6-9-4-2-3-5-12(9)15(10)8-14-11;;;;/h2-5,7-8H,1H3;3*1H3;. The predicted octanol–water partition coefficient (Wildman–Crippen LogP) is 2.82. The number of carbonyl (C=O) groups excluding carboxylic acids is 1. The third-order valence-electron chi connectivity index (χ3n) is 3.68. The quantitative estimate of drug-likeness (QED) is 0.500. The van der Waals surface area contributed by atoms with Crippen LogP contribution in [0.5, 0.6) is 0 Å². The van der Waals surface area contributed by atoms with Crippen LogP contribution >= 0.6 is 0 Å². The van der Waals surface area contributed by atoms with Gasteiger partial charge in [0.05, 0.1) is 0 Å². The van der Waals surface area contributed by atoms with Gasteiger partial charge in [-0.2, -0.15) is 0 Å². The average molecular weight is 389 g/mol. The second-order valence-electron chi connectivity index (χ2n) is 6.16. The molecule has 21 heavy (non-hydrogen) atoms. The molecular formula is C16H18N2O2Sn. The van der Waals surface area contributed by atoms with Crippen LogP contribution in [0, 0.1) is 0 Å². The van der Waals surface area contributed by atoms with Gasteiger partial charge in [-0.1, -0.05) is 0 Å². The molecule has 0 aliphatic rings. The Bertz CT molecular complexity index is 846. The molecule has 3 aromatic rings. The van der Waals surface area contributed by atoms with Crippen molar-refractivity contribution in [2.45, 2.75) is 14.8 Å². The van der Waals surface area contributed by atoms with Gasteiger partial charge in [0.2, 0.25) is 0 Å². The van der Waals surface area contributed by atoms with Gasteiger partial charge in [0.15, 0.2) is 0 Å². The molecule has 4 nitrogen and oxygen atoms in total. The monoisotopic (exact) mass is 390 g/mol. The second-order valence-corrected chi connectivity index (χ2v) is 20.4. The molecule has 0 bridgehead atoms. The van der Waals surface area contributed by atoms with Gasteiger partial charge < -0.3 is 0 Å². The normalized spacial score (nSPS) is 12.0. The van der Waals surface area contributed by atoms with E-state index in [0.717, 1.165) is 11.0 Å². The number of methoxy groups -OCH3 is 1. The Hall–Kier alpha value is -1.56. The molecule has 0 fully saturated rings. The van der Waals surface area contributed by atoms with E-state index >= 15 is 0 Å². The van der Waals surface area contributed by atoms with Crippen LogP contribution in [0.1, 0.15) is 10.5 Å². The Morgan fingerprint density at radius 1 is 1.19 bits per heavy atom. The number of aromatic nitrogens is 2. The molecule has 0 aliphatic carbocycles. The van der Waals surface area contributed by atoms with E-state index in [1.165, 1.54) is 16.1 Å². The zero-order valence-electron chi connectivity index (χ0n) is 12.7. The van der Waals surface area contributed by atoms with Crippen molar-refractivity contribution in [3.63, 3.8) is 0 Å². The van der Waals surface area contributed by atoms with Crippen LogP contribution in [-0.4, -0.2) is 40.8 Å². The molecule has 0 spiro atoms. The van der Waals surface area contributed by atoms with Gasteiger partial charge in [0.1, 0.15) is 0 Å². The first-order valence-corrected chi connectivity index (χ1v) is 16.9. The summed E-state index contributed by atoms with van der Waals surface area (Å²) in [7, 11) is 1.38. The molecule has 108 valence electrons. The summed E-state index contributed by atoms with van der Waals surface area (Å²) < 4.78 is 8.30. The summed E-state index contributed by atoms with van der Waals surface area (Å²) in [6.07, 6.45) is 1.73. The third-order valence-corrected chi connectivity index (χ3v) is 9.46. The number of para-hydroxylation sites is 1. The number of ether oxygens (including phenoxy) is 1. The van der Waals surface area contributed by atoms with E-state index in [1.807, 2.05) is 12.1 Å². The van der Waals surface area contributed by atoms with Crippen molar-refractivity contribution in [1.29, 1.82) is 0 Å². The topological polar surface area (TPSA) is 43.6 Å². The van der Waals surface area contributed by atoms with Crippen molar-refractivity contribution < 1.29 is 9.53 Å². The summed E-state index contributed by atoms with van der Waals surface area (Å²) in [5.41, 5.74) is 2.61. The van der Waals surface area contributed by atoms with Crippen molar-refractivity contribution in [3.8, 4) is 0 Å². The Morgan fingerprint density at radius 2 is 1.90 bits per heavy atom. The number of rotatable bonds is 2. The van der Waals surface area contributed by atoms with Crippen LogP contribution in [0.3, 0.4) is 0 Å². The first kappa shape index (κ1) is 14.4. The fraction of sp³-hybridized carbons (Fsp3) is 0.250. The molecule has 0 atom stereocenters. The molecule has 1 aromatic carbocycles. The zero-order valence-corrected chi connectivity index (χ0v) is 15.5. The summed E-state index contributed by atoms with van der Waals surface area (Å²) >= 11 is -2.37. The van der Waals surface area contributed by atoms with Crippen molar-refractivity contribution in [3.05, 3.63) is 42.4 Å². The van der Waals surface area contributed by atoms with Gasteiger partial charge in [-0.15, -0.1) is 0 Å². The molecule has 3 rings (SSSR count). The first-order valence-electron chi connectivity index (χ1n) is 6.91. The molecule has 0 aliphatic heterocycles. The van der Waals surface area contributed by atoms with E-state index < -0.39 is 24.3 Å². The fourth-order valence-electron chi connectivity index (χ4n) is 2.84. The van der Waals surface area contributed by atoms with E-state index in [4.69, 9.17) is 4.74 Å². The summed E-state index contributed by atoms with van der Waals surface area (Å²) in [6.45, 7) is 0.